The van der Waals surface area contributed by atoms with E-state index in [1.807, 2.05) is 0 Å². The highest BCUT2D eigenvalue weighted by Gasteiger charge is 2.20. The summed E-state index contributed by atoms with van der Waals surface area (Å²) in [6, 6.07) is 2.45. The number of nitriles is 1. The summed E-state index contributed by atoms with van der Waals surface area (Å²) >= 11 is 0. The summed E-state index contributed by atoms with van der Waals surface area (Å²) in [5.74, 6) is 2.03. The van der Waals surface area contributed by atoms with Crippen LogP contribution in [0.15, 0.2) is 0 Å². The largest absolute Gasteiger partial charge is 0.198 e. The molecule has 74 valence electrons. The van der Waals surface area contributed by atoms with E-state index < -0.39 is 0 Å². The molecule has 0 saturated heterocycles. The van der Waals surface area contributed by atoms with Gasteiger partial charge in [0.25, 0.3) is 0 Å². The first-order valence-corrected chi connectivity index (χ1v) is 5.65. The summed E-state index contributed by atoms with van der Waals surface area (Å²) in [6.45, 7) is 4.61. The van der Waals surface area contributed by atoms with Gasteiger partial charge in [0, 0.05) is 5.92 Å². The molecule has 1 aliphatic rings. The summed E-state index contributed by atoms with van der Waals surface area (Å²) in [6.07, 6.45) is 7.47. The van der Waals surface area contributed by atoms with E-state index in [0.29, 0.717) is 5.92 Å². The fourth-order valence-corrected chi connectivity index (χ4v) is 2.47. The van der Waals surface area contributed by atoms with Crippen LogP contribution in [-0.4, -0.2) is 0 Å². The summed E-state index contributed by atoms with van der Waals surface area (Å²) in [4.78, 5) is 0. The Hall–Kier alpha value is -0.510. The Labute approximate surface area is 82.1 Å². The maximum atomic E-state index is 8.94. The minimum atomic E-state index is 0.345. The topological polar surface area (TPSA) is 23.8 Å². The van der Waals surface area contributed by atoms with Gasteiger partial charge in [-0.05, 0) is 31.1 Å². The van der Waals surface area contributed by atoms with Crippen molar-refractivity contribution in [3.05, 3.63) is 0 Å². The molecular formula is C12H21N. The highest BCUT2D eigenvalue weighted by Crippen LogP contribution is 2.31. The molecule has 1 saturated carbocycles. The average molecular weight is 179 g/mol. The third-order valence-electron chi connectivity index (χ3n) is 3.36. The minimum Gasteiger partial charge on any atom is -0.198 e. The van der Waals surface area contributed by atoms with E-state index >= 15 is 0 Å². The third-order valence-corrected chi connectivity index (χ3v) is 3.36. The Bertz CT molecular complexity index is 180. The molecule has 0 bridgehead atoms. The molecule has 0 radical (unpaired) electrons. The van der Waals surface area contributed by atoms with Crippen LogP contribution in [0.2, 0.25) is 0 Å². The normalized spacial score (nSPS) is 35.9. The van der Waals surface area contributed by atoms with Crippen LogP contribution in [0.4, 0.5) is 0 Å². The molecule has 3 unspecified atom stereocenters. The average Bonchev–Trinajstić information content (AvgIpc) is 2.10. The molecule has 0 aromatic rings. The Kier molecular flexibility index (Phi) is 4.28. The van der Waals surface area contributed by atoms with Crippen LogP contribution in [0.3, 0.4) is 0 Å². The molecule has 1 rings (SSSR count). The Morgan fingerprint density at radius 2 is 2.08 bits per heavy atom. The standard InChI is InChI=1S/C12H21N/c1-3-11-7-10(2)5-4-6-12(8-11)9-13/h10-12H,3-8H2,1-2H3. The molecule has 13 heavy (non-hydrogen) atoms. The van der Waals surface area contributed by atoms with Crippen molar-refractivity contribution in [1.29, 1.82) is 5.26 Å². The van der Waals surface area contributed by atoms with Gasteiger partial charge in [-0.25, -0.2) is 0 Å². The van der Waals surface area contributed by atoms with E-state index in [1.165, 1.54) is 25.7 Å². The predicted molar refractivity (Wildman–Crippen MR) is 55.1 cm³/mol. The molecule has 1 aliphatic carbocycles. The molecule has 0 aromatic carbocycles. The Balaban J connectivity index is 2.48. The van der Waals surface area contributed by atoms with Crippen molar-refractivity contribution >= 4 is 0 Å². The lowest BCUT2D eigenvalue weighted by Crippen LogP contribution is -2.14. The van der Waals surface area contributed by atoms with Gasteiger partial charge in [0.05, 0.1) is 6.07 Å². The van der Waals surface area contributed by atoms with Crippen LogP contribution in [0, 0.1) is 29.1 Å². The van der Waals surface area contributed by atoms with Gasteiger partial charge in [-0.15, -0.1) is 0 Å². The highest BCUT2D eigenvalue weighted by atomic mass is 14.3. The molecule has 0 N–H and O–H groups in total. The van der Waals surface area contributed by atoms with Gasteiger partial charge in [0.2, 0.25) is 0 Å². The summed E-state index contributed by atoms with van der Waals surface area (Å²) in [5, 5.41) is 8.94. The van der Waals surface area contributed by atoms with Crippen molar-refractivity contribution in [3.8, 4) is 6.07 Å². The second-order valence-electron chi connectivity index (χ2n) is 4.61. The minimum absolute atomic E-state index is 0.345. The van der Waals surface area contributed by atoms with Crippen LogP contribution >= 0.6 is 0 Å². The quantitative estimate of drug-likeness (QED) is 0.601. The molecule has 1 nitrogen and oxygen atoms in total. The number of hydrogen-bond acceptors (Lipinski definition) is 1. The lowest BCUT2D eigenvalue weighted by molar-refractivity contribution is 0.277. The predicted octanol–water partition coefficient (Wildman–Crippen LogP) is 3.75. The summed E-state index contributed by atoms with van der Waals surface area (Å²) in [7, 11) is 0. The maximum Gasteiger partial charge on any atom is 0.0655 e. The van der Waals surface area contributed by atoms with Crippen LogP contribution in [-0.2, 0) is 0 Å². The fourth-order valence-electron chi connectivity index (χ4n) is 2.47. The lowest BCUT2D eigenvalue weighted by atomic mass is 9.80. The molecule has 0 amide bonds. The van der Waals surface area contributed by atoms with E-state index in [1.54, 1.807) is 0 Å². The zero-order valence-electron chi connectivity index (χ0n) is 8.92. The molecule has 0 spiro atoms. The van der Waals surface area contributed by atoms with Gasteiger partial charge in [0.1, 0.15) is 0 Å². The second-order valence-corrected chi connectivity index (χ2v) is 4.61. The summed E-state index contributed by atoms with van der Waals surface area (Å²) < 4.78 is 0. The van der Waals surface area contributed by atoms with Gasteiger partial charge >= 0.3 is 0 Å². The number of hydrogen-bond donors (Lipinski definition) is 0. The van der Waals surface area contributed by atoms with Crippen molar-refractivity contribution in [2.75, 3.05) is 0 Å². The van der Waals surface area contributed by atoms with Crippen LogP contribution < -0.4 is 0 Å². The van der Waals surface area contributed by atoms with Crippen LogP contribution in [0.25, 0.3) is 0 Å². The smallest absolute Gasteiger partial charge is 0.0655 e. The van der Waals surface area contributed by atoms with E-state index in [2.05, 4.69) is 19.9 Å². The van der Waals surface area contributed by atoms with Gasteiger partial charge in [0.15, 0.2) is 0 Å². The number of rotatable bonds is 1. The Morgan fingerprint density at radius 3 is 2.69 bits per heavy atom. The molecule has 1 fully saturated rings. The first-order valence-electron chi connectivity index (χ1n) is 5.65. The van der Waals surface area contributed by atoms with Gasteiger partial charge in [-0.3, -0.25) is 0 Å². The monoisotopic (exact) mass is 179 g/mol. The molecule has 0 heterocycles. The fraction of sp³-hybridized carbons (Fsp3) is 0.917. The lowest BCUT2D eigenvalue weighted by Gasteiger charge is -2.25. The van der Waals surface area contributed by atoms with E-state index in [-0.39, 0.29) is 0 Å². The van der Waals surface area contributed by atoms with Crippen LogP contribution in [0.1, 0.15) is 52.4 Å². The summed E-state index contributed by atoms with van der Waals surface area (Å²) in [5.41, 5.74) is 0. The zero-order valence-corrected chi connectivity index (χ0v) is 8.92. The van der Waals surface area contributed by atoms with E-state index in [9.17, 15) is 0 Å². The zero-order chi connectivity index (χ0) is 9.68. The number of nitrogens with zero attached hydrogens (tertiary/aromatic N) is 1. The third kappa shape index (κ3) is 3.38. The molecule has 1 heteroatoms. The van der Waals surface area contributed by atoms with Crippen LogP contribution in [0.5, 0.6) is 0 Å². The van der Waals surface area contributed by atoms with Crippen molar-refractivity contribution < 1.29 is 0 Å². The van der Waals surface area contributed by atoms with Crippen molar-refractivity contribution in [2.24, 2.45) is 17.8 Å². The first-order chi connectivity index (χ1) is 6.26. The van der Waals surface area contributed by atoms with Gasteiger partial charge in [-0.1, -0.05) is 33.1 Å². The van der Waals surface area contributed by atoms with Crippen molar-refractivity contribution in [3.63, 3.8) is 0 Å². The second kappa shape index (κ2) is 5.27. The van der Waals surface area contributed by atoms with Crippen molar-refractivity contribution in [1.82, 2.24) is 0 Å². The van der Waals surface area contributed by atoms with Gasteiger partial charge < -0.3 is 0 Å². The maximum absolute atomic E-state index is 8.94. The SMILES string of the molecule is CCC1CC(C)CCCC(C#N)C1. The highest BCUT2D eigenvalue weighted by molar-refractivity contribution is 4.86. The molecule has 0 aromatic heterocycles. The molecule has 3 atom stereocenters. The first kappa shape index (κ1) is 10.6. The van der Waals surface area contributed by atoms with E-state index in [0.717, 1.165) is 24.7 Å². The van der Waals surface area contributed by atoms with Gasteiger partial charge in [-0.2, -0.15) is 5.26 Å². The van der Waals surface area contributed by atoms with E-state index in [4.69, 9.17) is 5.26 Å². The molecule has 0 aliphatic heterocycles. The Morgan fingerprint density at radius 1 is 1.31 bits per heavy atom. The molecular weight excluding hydrogens is 158 g/mol. The van der Waals surface area contributed by atoms with Crippen molar-refractivity contribution in [2.45, 2.75) is 52.4 Å².